The largest absolute Gasteiger partial charge is 0.465 e. The number of amides is 1. The molecule has 5 nitrogen and oxygen atoms in total. The van der Waals surface area contributed by atoms with Gasteiger partial charge in [0.25, 0.3) is 0 Å². The molecule has 3 rings (SSSR count). The summed E-state index contributed by atoms with van der Waals surface area (Å²) >= 11 is 0. The monoisotopic (exact) mass is 355 g/mol. The second-order valence-electron chi connectivity index (χ2n) is 7.07. The van der Waals surface area contributed by atoms with Gasteiger partial charge in [0.15, 0.2) is 0 Å². The van der Waals surface area contributed by atoms with Crippen LogP contribution in [0.1, 0.15) is 48.5 Å². The zero-order valence-electron chi connectivity index (χ0n) is 15.4. The number of carbonyl (C=O) groups excluding carboxylic acids is 3. The van der Waals surface area contributed by atoms with Crippen molar-refractivity contribution in [1.29, 1.82) is 0 Å². The van der Waals surface area contributed by atoms with Crippen molar-refractivity contribution in [3.63, 3.8) is 0 Å². The van der Waals surface area contributed by atoms with Crippen molar-refractivity contribution in [2.45, 2.75) is 32.6 Å². The van der Waals surface area contributed by atoms with E-state index in [2.05, 4.69) is 6.58 Å². The molecule has 1 amide bonds. The zero-order valence-corrected chi connectivity index (χ0v) is 15.4. The highest BCUT2D eigenvalue weighted by Crippen LogP contribution is 2.51. The Labute approximate surface area is 154 Å². The van der Waals surface area contributed by atoms with Crippen LogP contribution in [0.25, 0.3) is 5.57 Å². The van der Waals surface area contributed by atoms with Crippen molar-refractivity contribution < 1.29 is 19.1 Å². The summed E-state index contributed by atoms with van der Waals surface area (Å²) in [4.78, 5) is 39.3. The Kier molecular flexibility index (Phi) is 4.99. The number of nitrogens with zero attached hydrogens (tertiary/aromatic N) is 1. The highest BCUT2D eigenvalue weighted by Gasteiger charge is 2.57. The number of ether oxygens (including phenoxy) is 1. The van der Waals surface area contributed by atoms with Gasteiger partial charge in [-0.2, -0.15) is 0 Å². The first-order valence-electron chi connectivity index (χ1n) is 9.16. The van der Waals surface area contributed by atoms with Crippen LogP contribution in [0.15, 0.2) is 30.8 Å². The van der Waals surface area contributed by atoms with Crippen molar-refractivity contribution >= 4 is 23.2 Å². The molecule has 5 heteroatoms. The fraction of sp³-hybridized carbons (Fsp3) is 0.476. The SMILES string of the molecule is C=C(c1ccc(C(=O)OC)cc1)[C@H]1CCN(CC)C(=O)[C@@]12CCCC2=O. The number of ketones is 1. The average molecular weight is 355 g/mol. The van der Waals surface area contributed by atoms with Crippen LogP contribution in [0.4, 0.5) is 0 Å². The highest BCUT2D eigenvalue weighted by atomic mass is 16.5. The molecule has 0 bridgehead atoms. The number of carbonyl (C=O) groups is 3. The third kappa shape index (κ3) is 2.75. The molecule has 1 heterocycles. The first-order valence-corrected chi connectivity index (χ1v) is 9.16. The van der Waals surface area contributed by atoms with Crippen molar-refractivity contribution in [1.82, 2.24) is 4.90 Å². The van der Waals surface area contributed by atoms with E-state index in [0.29, 0.717) is 31.5 Å². The first kappa shape index (κ1) is 18.4. The third-order valence-corrected chi connectivity index (χ3v) is 5.90. The Morgan fingerprint density at radius 1 is 1.27 bits per heavy atom. The van der Waals surface area contributed by atoms with Gasteiger partial charge >= 0.3 is 5.97 Å². The van der Waals surface area contributed by atoms with E-state index in [1.54, 1.807) is 17.0 Å². The summed E-state index contributed by atoms with van der Waals surface area (Å²) in [5, 5.41) is 0. The molecule has 1 aliphatic heterocycles. The minimum Gasteiger partial charge on any atom is -0.465 e. The molecule has 1 spiro atoms. The van der Waals surface area contributed by atoms with Crippen LogP contribution in [0.3, 0.4) is 0 Å². The van der Waals surface area contributed by atoms with E-state index in [1.165, 1.54) is 7.11 Å². The molecular formula is C21H25NO4. The summed E-state index contributed by atoms with van der Waals surface area (Å²) in [6.45, 7) is 7.47. The van der Waals surface area contributed by atoms with Gasteiger partial charge in [0, 0.05) is 25.4 Å². The predicted molar refractivity (Wildman–Crippen MR) is 98.5 cm³/mol. The van der Waals surface area contributed by atoms with Gasteiger partial charge in [0.05, 0.1) is 12.7 Å². The minimum atomic E-state index is -0.952. The van der Waals surface area contributed by atoms with Crippen LogP contribution >= 0.6 is 0 Å². The molecule has 0 unspecified atom stereocenters. The first-order chi connectivity index (χ1) is 12.5. The molecule has 1 saturated carbocycles. The fourth-order valence-corrected chi connectivity index (χ4v) is 4.46. The van der Waals surface area contributed by atoms with E-state index in [1.807, 2.05) is 19.1 Å². The van der Waals surface area contributed by atoms with Crippen LogP contribution < -0.4 is 0 Å². The molecule has 1 aliphatic carbocycles. The van der Waals surface area contributed by atoms with Crippen LogP contribution in [0, 0.1) is 11.3 Å². The van der Waals surface area contributed by atoms with E-state index in [9.17, 15) is 14.4 Å². The van der Waals surface area contributed by atoms with Crippen molar-refractivity contribution in [2.75, 3.05) is 20.2 Å². The van der Waals surface area contributed by atoms with Gasteiger partial charge < -0.3 is 9.64 Å². The molecule has 0 radical (unpaired) electrons. The second-order valence-corrected chi connectivity index (χ2v) is 7.07. The molecule has 2 fully saturated rings. The zero-order chi connectivity index (χ0) is 18.9. The van der Waals surface area contributed by atoms with Crippen molar-refractivity contribution in [2.24, 2.45) is 11.3 Å². The Morgan fingerprint density at radius 3 is 2.46 bits per heavy atom. The number of likely N-dealkylation sites (tertiary alicyclic amines) is 1. The summed E-state index contributed by atoms with van der Waals surface area (Å²) in [6, 6.07) is 7.02. The van der Waals surface area contributed by atoms with Crippen LogP contribution in [0.5, 0.6) is 0 Å². The number of esters is 1. The summed E-state index contributed by atoms with van der Waals surface area (Å²) in [6.07, 6.45) is 2.57. The molecule has 138 valence electrons. The van der Waals surface area contributed by atoms with E-state index < -0.39 is 11.4 Å². The molecule has 0 aromatic heterocycles. The molecule has 1 aromatic carbocycles. The number of methoxy groups -OCH3 is 1. The minimum absolute atomic E-state index is 0.0360. The fourth-order valence-electron chi connectivity index (χ4n) is 4.46. The molecule has 1 aromatic rings. The Balaban J connectivity index is 1.93. The summed E-state index contributed by atoms with van der Waals surface area (Å²) < 4.78 is 4.73. The summed E-state index contributed by atoms with van der Waals surface area (Å²) in [5.41, 5.74) is 1.18. The van der Waals surface area contributed by atoms with Gasteiger partial charge in [-0.3, -0.25) is 9.59 Å². The topological polar surface area (TPSA) is 63.7 Å². The number of hydrogen-bond acceptors (Lipinski definition) is 4. The molecule has 26 heavy (non-hydrogen) atoms. The van der Waals surface area contributed by atoms with Crippen LogP contribution in [-0.4, -0.2) is 42.8 Å². The second kappa shape index (κ2) is 7.06. The standard InChI is InChI=1S/C21H25NO4/c1-4-22-13-11-17(21(20(22)25)12-5-6-18(21)23)14(2)15-7-9-16(10-8-15)19(24)26-3/h7-10,17H,2,4-6,11-13H2,1,3H3/t17-,21+/m1/s1. The molecule has 2 atom stereocenters. The Bertz CT molecular complexity index is 752. The lowest BCUT2D eigenvalue weighted by molar-refractivity contribution is -0.154. The molecular weight excluding hydrogens is 330 g/mol. The number of hydrogen-bond donors (Lipinski definition) is 0. The number of allylic oxidation sites excluding steroid dienone is 1. The number of Topliss-reactive ketones (excluding diaryl/α,β-unsaturated/α-hetero) is 1. The Morgan fingerprint density at radius 2 is 1.92 bits per heavy atom. The molecule has 2 aliphatic rings. The lowest BCUT2D eigenvalue weighted by Gasteiger charge is -2.44. The van der Waals surface area contributed by atoms with Gasteiger partial charge in [-0.05, 0) is 49.5 Å². The molecule has 0 N–H and O–H groups in total. The van der Waals surface area contributed by atoms with E-state index in [4.69, 9.17) is 4.74 Å². The lowest BCUT2D eigenvalue weighted by Crippen LogP contribution is -2.55. The number of benzene rings is 1. The van der Waals surface area contributed by atoms with E-state index in [0.717, 1.165) is 24.0 Å². The smallest absolute Gasteiger partial charge is 0.337 e. The van der Waals surface area contributed by atoms with E-state index >= 15 is 0 Å². The molecule has 1 saturated heterocycles. The van der Waals surface area contributed by atoms with Gasteiger partial charge in [0.1, 0.15) is 11.2 Å². The Hall–Kier alpha value is -2.43. The highest BCUT2D eigenvalue weighted by molar-refractivity contribution is 6.09. The van der Waals surface area contributed by atoms with E-state index in [-0.39, 0.29) is 17.6 Å². The van der Waals surface area contributed by atoms with Gasteiger partial charge in [-0.25, -0.2) is 4.79 Å². The average Bonchev–Trinajstić information content (AvgIpc) is 3.05. The van der Waals surface area contributed by atoms with Gasteiger partial charge in [-0.1, -0.05) is 18.7 Å². The number of piperidine rings is 1. The number of rotatable bonds is 4. The van der Waals surface area contributed by atoms with Gasteiger partial charge in [0.2, 0.25) is 5.91 Å². The maximum absolute atomic E-state index is 13.1. The summed E-state index contributed by atoms with van der Waals surface area (Å²) in [7, 11) is 1.34. The lowest BCUT2D eigenvalue weighted by atomic mass is 9.64. The quantitative estimate of drug-likeness (QED) is 0.615. The van der Waals surface area contributed by atoms with Gasteiger partial charge in [-0.15, -0.1) is 0 Å². The maximum atomic E-state index is 13.1. The van der Waals surface area contributed by atoms with Crippen molar-refractivity contribution in [3.05, 3.63) is 42.0 Å². The third-order valence-electron chi connectivity index (χ3n) is 5.90. The normalized spacial score (nSPS) is 25.6. The van der Waals surface area contributed by atoms with Crippen molar-refractivity contribution in [3.8, 4) is 0 Å². The summed E-state index contributed by atoms with van der Waals surface area (Å²) in [5.74, 6) is -0.558. The predicted octanol–water partition coefficient (Wildman–Crippen LogP) is 3.09. The van der Waals surface area contributed by atoms with Crippen LogP contribution in [0.2, 0.25) is 0 Å². The maximum Gasteiger partial charge on any atom is 0.337 e. The van der Waals surface area contributed by atoms with Crippen LogP contribution in [-0.2, 0) is 14.3 Å².